The Balaban J connectivity index is 2.22. The van der Waals surface area contributed by atoms with Gasteiger partial charge in [0, 0.05) is 48.3 Å². The molecule has 1 saturated carbocycles. The summed E-state index contributed by atoms with van der Waals surface area (Å²) in [7, 11) is 2.19. The van der Waals surface area contributed by atoms with Gasteiger partial charge in [-0.1, -0.05) is 6.92 Å². The van der Waals surface area contributed by atoms with Gasteiger partial charge < -0.3 is 10.2 Å². The standard InChI is InChI=1S/C16H27N3/c1-6-16(3,4)19(5)15-9-12(2)17-10-13(15)11-18-14-7-8-14/h9-10,14,18H,6-8,11H2,1-5H3. The van der Waals surface area contributed by atoms with E-state index in [0.29, 0.717) is 0 Å². The molecule has 0 atom stereocenters. The van der Waals surface area contributed by atoms with Crippen LogP contribution in [0.3, 0.4) is 0 Å². The van der Waals surface area contributed by atoms with E-state index in [9.17, 15) is 0 Å². The van der Waals surface area contributed by atoms with Crippen molar-refractivity contribution in [3.63, 3.8) is 0 Å². The normalized spacial score (nSPS) is 15.6. The maximum atomic E-state index is 4.46. The van der Waals surface area contributed by atoms with Crippen LogP contribution in [0.15, 0.2) is 12.3 Å². The van der Waals surface area contributed by atoms with E-state index in [1.54, 1.807) is 0 Å². The van der Waals surface area contributed by atoms with Gasteiger partial charge in [-0.2, -0.15) is 0 Å². The van der Waals surface area contributed by atoms with Crippen molar-refractivity contribution in [2.24, 2.45) is 0 Å². The molecule has 1 aliphatic rings. The lowest BCUT2D eigenvalue weighted by atomic mass is 9.98. The predicted molar refractivity (Wildman–Crippen MR) is 81.6 cm³/mol. The number of anilines is 1. The number of nitrogens with zero attached hydrogens (tertiary/aromatic N) is 2. The maximum Gasteiger partial charge on any atom is 0.0447 e. The highest BCUT2D eigenvalue weighted by molar-refractivity contribution is 5.55. The minimum atomic E-state index is 0.169. The minimum Gasteiger partial charge on any atom is -0.369 e. The first kappa shape index (κ1) is 14.3. The Morgan fingerprint density at radius 3 is 2.68 bits per heavy atom. The van der Waals surface area contributed by atoms with E-state index >= 15 is 0 Å². The fourth-order valence-electron chi connectivity index (χ4n) is 2.13. The highest BCUT2D eigenvalue weighted by Crippen LogP contribution is 2.29. The van der Waals surface area contributed by atoms with E-state index in [2.05, 4.69) is 56.0 Å². The van der Waals surface area contributed by atoms with Gasteiger partial charge in [-0.25, -0.2) is 0 Å². The predicted octanol–water partition coefficient (Wildman–Crippen LogP) is 3.27. The topological polar surface area (TPSA) is 28.2 Å². The molecule has 0 spiro atoms. The molecule has 0 unspecified atom stereocenters. The second-order valence-corrected chi connectivity index (χ2v) is 6.33. The lowest BCUT2D eigenvalue weighted by Crippen LogP contribution is -2.41. The van der Waals surface area contributed by atoms with Crippen LogP contribution >= 0.6 is 0 Å². The van der Waals surface area contributed by atoms with Crippen LogP contribution in [-0.2, 0) is 6.54 Å². The Hall–Kier alpha value is -1.09. The van der Waals surface area contributed by atoms with E-state index in [1.165, 1.54) is 24.1 Å². The van der Waals surface area contributed by atoms with E-state index < -0.39 is 0 Å². The molecule has 2 rings (SSSR count). The first-order chi connectivity index (χ1) is 8.94. The first-order valence-corrected chi connectivity index (χ1v) is 7.37. The number of aryl methyl sites for hydroxylation is 1. The number of pyridine rings is 1. The summed E-state index contributed by atoms with van der Waals surface area (Å²) in [4.78, 5) is 6.86. The summed E-state index contributed by atoms with van der Waals surface area (Å²) in [6.45, 7) is 9.82. The van der Waals surface area contributed by atoms with Crippen molar-refractivity contribution in [1.82, 2.24) is 10.3 Å². The molecule has 1 fully saturated rings. The largest absolute Gasteiger partial charge is 0.369 e. The Morgan fingerprint density at radius 1 is 1.42 bits per heavy atom. The molecular formula is C16H27N3. The van der Waals surface area contributed by atoms with Crippen LogP contribution < -0.4 is 10.2 Å². The lowest BCUT2D eigenvalue weighted by molar-refractivity contribution is 0.469. The smallest absolute Gasteiger partial charge is 0.0447 e. The minimum absolute atomic E-state index is 0.169. The molecule has 3 nitrogen and oxygen atoms in total. The monoisotopic (exact) mass is 261 g/mol. The highest BCUT2D eigenvalue weighted by atomic mass is 15.2. The number of nitrogens with one attached hydrogen (secondary N) is 1. The zero-order valence-corrected chi connectivity index (χ0v) is 13.0. The van der Waals surface area contributed by atoms with Crippen molar-refractivity contribution in [3.05, 3.63) is 23.5 Å². The fourth-order valence-corrected chi connectivity index (χ4v) is 2.13. The van der Waals surface area contributed by atoms with Gasteiger partial charge >= 0.3 is 0 Å². The van der Waals surface area contributed by atoms with Crippen molar-refractivity contribution in [2.45, 2.75) is 65.1 Å². The summed E-state index contributed by atoms with van der Waals surface area (Å²) in [5.41, 5.74) is 3.88. The third-order valence-electron chi connectivity index (χ3n) is 4.39. The molecule has 19 heavy (non-hydrogen) atoms. The molecule has 0 aliphatic heterocycles. The van der Waals surface area contributed by atoms with Crippen molar-refractivity contribution in [2.75, 3.05) is 11.9 Å². The van der Waals surface area contributed by atoms with Crippen LogP contribution in [0.2, 0.25) is 0 Å². The van der Waals surface area contributed by atoms with Crippen LogP contribution in [0.5, 0.6) is 0 Å². The Labute approximate surface area is 117 Å². The van der Waals surface area contributed by atoms with Crippen LogP contribution in [0, 0.1) is 6.92 Å². The summed E-state index contributed by atoms with van der Waals surface area (Å²) < 4.78 is 0. The SMILES string of the molecule is CCC(C)(C)N(C)c1cc(C)ncc1CNC1CC1. The van der Waals surface area contributed by atoms with Gasteiger partial charge in [0.15, 0.2) is 0 Å². The summed E-state index contributed by atoms with van der Waals surface area (Å²) in [5.74, 6) is 0. The average molecular weight is 261 g/mol. The van der Waals surface area contributed by atoms with Gasteiger partial charge in [0.05, 0.1) is 0 Å². The molecule has 1 aromatic heterocycles. The van der Waals surface area contributed by atoms with Crippen molar-refractivity contribution >= 4 is 5.69 Å². The summed E-state index contributed by atoms with van der Waals surface area (Å²) >= 11 is 0. The summed E-state index contributed by atoms with van der Waals surface area (Å²) in [6, 6.07) is 2.94. The van der Waals surface area contributed by atoms with E-state index in [1.807, 2.05) is 6.20 Å². The molecule has 0 saturated heterocycles. The molecule has 0 bridgehead atoms. The van der Waals surface area contributed by atoms with E-state index in [-0.39, 0.29) is 5.54 Å². The lowest BCUT2D eigenvalue weighted by Gasteiger charge is -2.38. The maximum absolute atomic E-state index is 4.46. The van der Waals surface area contributed by atoms with Gasteiger partial charge in [-0.05, 0) is 46.1 Å². The number of hydrogen-bond acceptors (Lipinski definition) is 3. The molecule has 0 radical (unpaired) electrons. The van der Waals surface area contributed by atoms with Gasteiger partial charge in [-0.15, -0.1) is 0 Å². The fraction of sp³-hybridized carbons (Fsp3) is 0.688. The Kier molecular flexibility index (Phi) is 4.14. The molecule has 1 aromatic rings. The first-order valence-electron chi connectivity index (χ1n) is 7.37. The summed E-state index contributed by atoms with van der Waals surface area (Å²) in [6.07, 6.45) is 5.80. The van der Waals surface area contributed by atoms with Crippen LogP contribution in [-0.4, -0.2) is 23.6 Å². The zero-order valence-electron chi connectivity index (χ0n) is 13.0. The van der Waals surface area contributed by atoms with Crippen LogP contribution in [0.4, 0.5) is 5.69 Å². The molecule has 0 aromatic carbocycles. The second kappa shape index (κ2) is 5.49. The van der Waals surface area contributed by atoms with Crippen LogP contribution in [0.25, 0.3) is 0 Å². The Bertz CT molecular complexity index is 436. The van der Waals surface area contributed by atoms with Crippen molar-refractivity contribution in [3.8, 4) is 0 Å². The average Bonchev–Trinajstić information content (AvgIpc) is 3.20. The number of hydrogen-bond donors (Lipinski definition) is 1. The van der Waals surface area contributed by atoms with Crippen molar-refractivity contribution < 1.29 is 0 Å². The highest BCUT2D eigenvalue weighted by Gasteiger charge is 2.25. The van der Waals surface area contributed by atoms with Gasteiger partial charge in [0.1, 0.15) is 0 Å². The summed E-state index contributed by atoms with van der Waals surface area (Å²) in [5, 5.41) is 3.59. The van der Waals surface area contributed by atoms with Gasteiger partial charge in [0.2, 0.25) is 0 Å². The van der Waals surface area contributed by atoms with Gasteiger partial charge in [-0.3, -0.25) is 4.98 Å². The molecule has 1 aliphatic carbocycles. The second-order valence-electron chi connectivity index (χ2n) is 6.33. The number of rotatable bonds is 6. The quantitative estimate of drug-likeness (QED) is 0.852. The van der Waals surface area contributed by atoms with E-state index in [4.69, 9.17) is 0 Å². The third kappa shape index (κ3) is 3.47. The zero-order chi connectivity index (χ0) is 14.0. The van der Waals surface area contributed by atoms with E-state index in [0.717, 1.165) is 24.7 Å². The molecule has 106 valence electrons. The third-order valence-corrected chi connectivity index (χ3v) is 4.39. The molecule has 3 heteroatoms. The van der Waals surface area contributed by atoms with Gasteiger partial charge in [0.25, 0.3) is 0 Å². The molecular weight excluding hydrogens is 234 g/mol. The van der Waals surface area contributed by atoms with Crippen molar-refractivity contribution in [1.29, 1.82) is 0 Å². The molecule has 1 N–H and O–H groups in total. The molecule has 1 heterocycles. The molecule has 0 amide bonds. The Morgan fingerprint density at radius 2 is 2.11 bits per heavy atom. The van der Waals surface area contributed by atoms with Crippen LogP contribution in [0.1, 0.15) is 51.3 Å². The number of aromatic nitrogens is 1.